The molecule has 2 atom stereocenters. The van der Waals surface area contributed by atoms with E-state index in [9.17, 15) is 14.4 Å². The fraction of sp³-hybridized carbons (Fsp3) is 0.333. The summed E-state index contributed by atoms with van der Waals surface area (Å²) < 4.78 is 0. The normalized spacial score (nSPS) is 19.0. The van der Waals surface area contributed by atoms with Crippen molar-refractivity contribution in [3.8, 4) is 0 Å². The first-order valence-electron chi connectivity index (χ1n) is 8.02. The number of nitrogens with two attached hydrogens (primary N) is 1. The number of benzene rings is 1. The van der Waals surface area contributed by atoms with Gasteiger partial charge in [-0.1, -0.05) is 18.2 Å². The van der Waals surface area contributed by atoms with Crippen LogP contribution in [0.3, 0.4) is 0 Å². The molecule has 24 heavy (non-hydrogen) atoms. The third-order valence-corrected chi connectivity index (χ3v) is 4.46. The number of para-hydroxylation sites is 1. The predicted octanol–water partition coefficient (Wildman–Crippen LogP) is 1.58. The molecule has 1 heterocycles. The third kappa shape index (κ3) is 3.27. The van der Waals surface area contributed by atoms with Crippen LogP contribution in [-0.4, -0.2) is 28.6 Å². The molecule has 0 saturated heterocycles. The van der Waals surface area contributed by atoms with Gasteiger partial charge in [0.15, 0.2) is 0 Å². The van der Waals surface area contributed by atoms with Crippen molar-refractivity contribution in [3.63, 3.8) is 0 Å². The van der Waals surface area contributed by atoms with E-state index >= 15 is 0 Å². The summed E-state index contributed by atoms with van der Waals surface area (Å²) in [5.41, 5.74) is 6.43. The Kier molecular flexibility index (Phi) is 4.55. The monoisotopic (exact) mass is 325 g/mol. The van der Waals surface area contributed by atoms with Gasteiger partial charge >= 0.3 is 0 Å². The minimum Gasteiger partial charge on any atom is -0.368 e. The fourth-order valence-corrected chi connectivity index (χ4v) is 3.27. The van der Waals surface area contributed by atoms with Crippen LogP contribution in [0, 0.1) is 5.92 Å². The van der Waals surface area contributed by atoms with Crippen LogP contribution in [0.1, 0.15) is 36.0 Å². The highest BCUT2D eigenvalue weighted by Gasteiger charge is 2.32. The van der Waals surface area contributed by atoms with Crippen LogP contribution in [0.15, 0.2) is 36.5 Å². The number of nitrogens with one attached hydrogen (secondary N) is 1. The Balaban J connectivity index is 1.85. The lowest BCUT2D eigenvalue weighted by atomic mass is 9.82. The molecule has 3 N–H and O–H groups in total. The number of aromatic nitrogens is 1. The first-order chi connectivity index (χ1) is 11.6. The van der Waals surface area contributed by atoms with E-state index in [1.165, 1.54) is 0 Å². The minimum absolute atomic E-state index is 0.110. The third-order valence-electron chi connectivity index (χ3n) is 4.46. The standard InChI is InChI=1S/C18H19N3O3/c19-17(23)16(12-5-1-7-13(22)10-12)21-18(24)14-8-2-4-11-6-3-9-20-15(11)14/h2-4,6,8-9,12,16H,1,5,7,10H2,(H2,19,23)(H,21,24)/t12-,16-/m0/s1. The molecular weight excluding hydrogens is 306 g/mol. The van der Waals surface area contributed by atoms with E-state index in [4.69, 9.17) is 5.73 Å². The SMILES string of the molecule is NC(=O)[C@@H](NC(=O)c1cccc2cccnc12)[C@H]1CCCC(=O)C1. The van der Waals surface area contributed by atoms with E-state index in [1.54, 1.807) is 24.4 Å². The van der Waals surface area contributed by atoms with Crippen LogP contribution < -0.4 is 11.1 Å². The van der Waals surface area contributed by atoms with Gasteiger partial charge in [0, 0.05) is 24.4 Å². The van der Waals surface area contributed by atoms with Crippen LogP contribution in [0.4, 0.5) is 0 Å². The number of nitrogens with zero attached hydrogens (tertiary/aromatic N) is 1. The Hall–Kier alpha value is -2.76. The Morgan fingerprint density at radius 1 is 1.25 bits per heavy atom. The van der Waals surface area contributed by atoms with E-state index in [0.29, 0.717) is 23.9 Å². The molecule has 2 amide bonds. The second-order valence-electron chi connectivity index (χ2n) is 6.13. The molecule has 0 radical (unpaired) electrons. The lowest BCUT2D eigenvalue weighted by Gasteiger charge is -2.28. The van der Waals surface area contributed by atoms with E-state index in [-0.39, 0.29) is 18.1 Å². The maximum Gasteiger partial charge on any atom is 0.254 e. The molecule has 0 aliphatic heterocycles. The number of fused-ring (bicyclic) bond motifs is 1. The van der Waals surface area contributed by atoms with Crippen molar-refractivity contribution in [2.75, 3.05) is 0 Å². The Bertz CT molecular complexity index is 798. The van der Waals surface area contributed by atoms with Gasteiger partial charge in [0.25, 0.3) is 5.91 Å². The number of rotatable bonds is 4. The number of amides is 2. The molecule has 1 aromatic carbocycles. The molecule has 6 heteroatoms. The lowest BCUT2D eigenvalue weighted by molar-refractivity contribution is -0.124. The Morgan fingerprint density at radius 2 is 2.04 bits per heavy atom. The van der Waals surface area contributed by atoms with Gasteiger partial charge in [0.2, 0.25) is 5.91 Å². The van der Waals surface area contributed by atoms with E-state index in [0.717, 1.165) is 11.8 Å². The van der Waals surface area contributed by atoms with Gasteiger partial charge in [-0.15, -0.1) is 0 Å². The second kappa shape index (κ2) is 6.78. The van der Waals surface area contributed by atoms with Crippen LogP contribution in [0.2, 0.25) is 0 Å². The molecule has 1 aliphatic rings. The number of hydrogen-bond donors (Lipinski definition) is 2. The van der Waals surface area contributed by atoms with Crippen LogP contribution in [0.5, 0.6) is 0 Å². The van der Waals surface area contributed by atoms with Crippen LogP contribution >= 0.6 is 0 Å². The Morgan fingerprint density at radius 3 is 2.79 bits per heavy atom. The average molecular weight is 325 g/mol. The van der Waals surface area contributed by atoms with E-state index in [1.807, 2.05) is 12.1 Å². The first kappa shape index (κ1) is 16.1. The van der Waals surface area contributed by atoms with Gasteiger partial charge in [0.1, 0.15) is 11.8 Å². The van der Waals surface area contributed by atoms with E-state index < -0.39 is 17.9 Å². The molecule has 124 valence electrons. The molecule has 1 aliphatic carbocycles. The molecule has 2 aromatic rings. The highest BCUT2D eigenvalue weighted by atomic mass is 16.2. The van der Waals surface area contributed by atoms with E-state index in [2.05, 4.69) is 10.3 Å². The van der Waals surface area contributed by atoms with Gasteiger partial charge in [-0.25, -0.2) is 0 Å². The number of carbonyl (C=O) groups is 3. The van der Waals surface area contributed by atoms with Gasteiger partial charge in [-0.05, 0) is 30.9 Å². The summed E-state index contributed by atoms with van der Waals surface area (Å²) in [7, 11) is 0. The summed E-state index contributed by atoms with van der Waals surface area (Å²) in [6, 6.07) is 8.11. The number of hydrogen-bond acceptors (Lipinski definition) is 4. The van der Waals surface area contributed by atoms with Crippen molar-refractivity contribution in [2.45, 2.75) is 31.7 Å². The maximum absolute atomic E-state index is 12.7. The number of Topliss-reactive ketones (excluding diaryl/α,β-unsaturated/α-hetero) is 1. The molecule has 3 rings (SSSR count). The largest absolute Gasteiger partial charge is 0.368 e. The summed E-state index contributed by atoms with van der Waals surface area (Å²) in [5, 5.41) is 3.55. The average Bonchev–Trinajstić information content (AvgIpc) is 2.58. The topological polar surface area (TPSA) is 102 Å². The van der Waals surface area contributed by atoms with Crippen molar-refractivity contribution in [3.05, 3.63) is 42.1 Å². The molecule has 1 aromatic heterocycles. The quantitative estimate of drug-likeness (QED) is 0.891. The molecule has 1 fully saturated rings. The van der Waals surface area contributed by atoms with Gasteiger partial charge < -0.3 is 11.1 Å². The summed E-state index contributed by atoms with van der Waals surface area (Å²) >= 11 is 0. The molecule has 0 bridgehead atoms. The van der Waals surface area contributed by atoms with Gasteiger partial charge in [-0.2, -0.15) is 0 Å². The summed E-state index contributed by atoms with van der Waals surface area (Å²) in [5.74, 6) is -1.15. The smallest absolute Gasteiger partial charge is 0.254 e. The number of carbonyl (C=O) groups excluding carboxylic acids is 3. The Labute approximate surface area is 139 Å². The van der Waals surface area contributed by atoms with Crippen LogP contribution in [0.25, 0.3) is 10.9 Å². The van der Waals surface area contributed by atoms with Gasteiger partial charge in [0.05, 0.1) is 11.1 Å². The fourth-order valence-electron chi connectivity index (χ4n) is 3.27. The number of ketones is 1. The summed E-state index contributed by atoms with van der Waals surface area (Å²) in [6.45, 7) is 0. The summed E-state index contributed by atoms with van der Waals surface area (Å²) in [4.78, 5) is 40.4. The minimum atomic E-state index is -0.847. The molecule has 0 unspecified atom stereocenters. The van der Waals surface area contributed by atoms with Crippen molar-refractivity contribution in [1.29, 1.82) is 0 Å². The first-order valence-corrected chi connectivity index (χ1v) is 8.02. The number of primary amides is 1. The van der Waals surface area contributed by atoms with Gasteiger partial charge in [-0.3, -0.25) is 19.4 Å². The highest BCUT2D eigenvalue weighted by Crippen LogP contribution is 2.25. The van der Waals surface area contributed by atoms with Crippen LogP contribution in [-0.2, 0) is 9.59 Å². The zero-order valence-corrected chi connectivity index (χ0v) is 13.2. The van der Waals surface area contributed by atoms with Crippen molar-refractivity contribution >= 4 is 28.5 Å². The maximum atomic E-state index is 12.7. The zero-order chi connectivity index (χ0) is 17.1. The van der Waals surface area contributed by atoms with Crippen molar-refractivity contribution in [1.82, 2.24) is 10.3 Å². The molecule has 6 nitrogen and oxygen atoms in total. The molecule has 0 spiro atoms. The summed E-state index contributed by atoms with van der Waals surface area (Å²) in [6.07, 6.45) is 3.85. The molecule has 1 saturated carbocycles. The van der Waals surface area contributed by atoms with Crippen molar-refractivity contribution in [2.24, 2.45) is 11.7 Å². The zero-order valence-electron chi connectivity index (χ0n) is 13.2. The molecular formula is C18H19N3O3. The number of pyridine rings is 1. The second-order valence-corrected chi connectivity index (χ2v) is 6.13. The van der Waals surface area contributed by atoms with Crippen molar-refractivity contribution < 1.29 is 14.4 Å². The predicted molar refractivity (Wildman–Crippen MR) is 89.2 cm³/mol. The highest BCUT2D eigenvalue weighted by molar-refractivity contribution is 6.06. The lowest BCUT2D eigenvalue weighted by Crippen LogP contribution is -2.50.